The van der Waals surface area contributed by atoms with Crippen molar-refractivity contribution < 1.29 is 4.79 Å². The standard InChI is InChI=1S/C29H30N4O2S/c34-27-26-21-7-3-4-8-24(21)36-28(26)31-25(30-27)17-32-11-13-33(14-12-32)29(35)23-16-22(23)20-10-9-18-5-1-2-6-19(18)15-20/h1-2,5-6,9-10,15,22-23H,3-4,7-8,11-14,16-17H2,(H,30,31,34). The van der Waals surface area contributed by atoms with Gasteiger partial charge in [-0.1, -0.05) is 42.5 Å². The van der Waals surface area contributed by atoms with Crippen molar-refractivity contribution in [2.75, 3.05) is 26.2 Å². The van der Waals surface area contributed by atoms with Crippen LogP contribution in [0.3, 0.4) is 0 Å². The predicted molar refractivity (Wildman–Crippen MR) is 144 cm³/mol. The summed E-state index contributed by atoms with van der Waals surface area (Å²) in [5.41, 5.74) is 2.53. The van der Waals surface area contributed by atoms with Crippen LogP contribution in [-0.2, 0) is 24.2 Å². The van der Waals surface area contributed by atoms with Crippen molar-refractivity contribution in [1.29, 1.82) is 0 Å². The first-order valence-corrected chi connectivity index (χ1v) is 14.0. The summed E-state index contributed by atoms with van der Waals surface area (Å²) in [6.07, 6.45) is 5.39. The number of nitrogens with one attached hydrogen (secondary N) is 1. The van der Waals surface area contributed by atoms with E-state index >= 15 is 0 Å². The third kappa shape index (κ3) is 3.95. The zero-order valence-corrected chi connectivity index (χ0v) is 21.2. The van der Waals surface area contributed by atoms with Crippen molar-refractivity contribution in [3.05, 3.63) is 74.6 Å². The molecule has 4 aromatic rings. The maximum atomic E-state index is 13.2. The summed E-state index contributed by atoms with van der Waals surface area (Å²) in [6.45, 7) is 3.71. The number of amides is 1. The summed E-state index contributed by atoms with van der Waals surface area (Å²) in [6, 6.07) is 15.0. The van der Waals surface area contributed by atoms with Gasteiger partial charge in [-0.15, -0.1) is 11.3 Å². The summed E-state index contributed by atoms with van der Waals surface area (Å²) in [4.78, 5) is 40.5. The normalized spacial score (nSPS) is 22.2. The van der Waals surface area contributed by atoms with E-state index in [0.29, 0.717) is 18.4 Å². The molecule has 2 aliphatic carbocycles. The number of thiophene rings is 1. The van der Waals surface area contributed by atoms with Crippen molar-refractivity contribution in [2.45, 2.75) is 44.6 Å². The highest BCUT2D eigenvalue weighted by Crippen LogP contribution is 2.49. The van der Waals surface area contributed by atoms with Crippen molar-refractivity contribution >= 4 is 38.2 Å². The van der Waals surface area contributed by atoms with E-state index in [0.717, 1.165) is 67.9 Å². The molecule has 184 valence electrons. The van der Waals surface area contributed by atoms with Crippen LogP contribution in [0.15, 0.2) is 47.3 Å². The summed E-state index contributed by atoms with van der Waals surface area (Å²) >= 11 is 1.70. The topological polar surface area (TPSA) is 69.3 Å². The average molecular weight is 499 g/mol. The minimum atomic E-state index is 0.0108. The lowest BCUT2D eigenvalue weighted by molar-refractivity contribution is -0.134. The third-order valence-corrected chi connectivity index (χ3v) is 9.43. The lowest BCUT2D eigenvalue weighted by Crippen LogP contribution is -2.49. The molecule has 1 N–H and O–H groups in total. The molecule has 7 heteroatoms. The van der Waals surface area contributed by atoms with Gasteiger partial charge in [0.15, 0.2) is 0 Å². The van der Waals surface area contributed by atoms with E-state index in [1.807, 2.05) is 4.90 Å². The second-order valence-electron chi connectivity index (χ2n) is 10.6. The fourth-order valence-electron chi connectivity index (χ4n) is 6.13. The van der Waals surface area contributed by atoms with Crippen LogP contribution in [-0.4, -0.2) is 51.9 Å². The Kier molecular flexibility index (Phi) is 5.44. The first-order chi connectivity index (χ1) is 17.6. The fourth-order valence-corrected chi connectivity index (χ4v) is 7.41. The maximum absolute atomic E-state index is 13.2. The van der Waals surface area contributed by atoms with Gasteiger partial charge in [-0.2, -0.15) is 0 Å². The lowest BCUT2D eigenvalue weighted by Gasteiger charge is -2.34. The quantitative estimate of drug-likeness (QED) is 0.451. The highest BCUT2D eigenvalue weighted by Gasteiger charge is 2.46. The van der Waals surface area contributed by atoms with Gasteiger partial charge in [-0.3, -0.25) is 14.5 Å². The number of aromatic nitrogens is 2. The van der Waals surface area contributed by atoms with Crippen LogP contribution in [0, 0.1) is 5.92 Å². The van der Waals surface area contributed by atoms with Crippen molar-refractivity contribution in [3.8, 4) is 0 Å². The van der Waals surface area contributed by atoms with Crippen LogP contribution in [0.5, 0.6) is 0 Å². The molecule has 1 saturated heterocycles. The molecule has 2 aromatic carbocycles. The lowest BCUT2D eigenvalue weighted by atomic mass is 9.97. The maximum Gasteiger partial charge on any atom is 0.259 e. The van der Waals surface area contributed by atoms with E-state index in [2.05, 4.69) is 52.3 Å². The summed E-state index contributed by atoms with van der Waals surface area (Å²) in [7, 11) is 0. The Hall–Kier alpha value is -3.03. The van der Waals surface area contributed by atoms with E-state index in [1.54, 1.807) is 11.3 Å². The average Bonchev–Trinajstić information content (AvgIpc) is 3.61. The van der Waals surface area contributed by atoms with E-state index in [1.165, 1.54) is 33.2 Å². The number of nitrogens with zero attached hydrogens (tertiary/aromatic N) is 3. The molecular formula is C29H30N4O2S. The molecule has 1 amide bonds. The molecule has 1 aliphatic heterocycles. The van der Waals surface area contributed by atoms with Crippen LogP contribution >= 0.6 is 11.3 Å². The molecule has 1 saturated carbocycles. The van der Waals surface area contributed by atoms with Crippen molar-refractivity contribution in [3.63, 3.8) is 0 Å². The van der Waals surface area contributed by atoms with Gasteiger partial charge in [-0.25, -0.2) is 4.98 Å². The van der Waals surface area contributed by atoms with E-state index < -0.39 is 0 Å². The van der Waals surface area contributed by atoms with Gasteiger partial charge in [0.25, 0.3) is 5.56 Å². The number of hydrogen-bond donors (Lipinski definition) is 1. The van der Waals surface area contributed by atoms with Crippen molar-refractivity contribution in [2.24, 2.45) is 5.92 Å². The van der Waals surface area contributed by atoms with Gasteiger partial charge < -0.3 is 9.88 Å². The number of hydrogen-bond acceptors (Lipinski definition) is 5. The molecule has 0 bridgehead atoms. The minimum Gasteiger partial charge on any atom is -0.340 e. The fraction of sp³-hybridized carbons (Fsp3) is 0.414. The highest BCUT2D eigenvalue weighted by atomic mass is 32.1. The summed E-state index contributed by atoms with van der Waals surface area (Å²) in [5.74, 6) is 1.50. The molecule has 0 spiro atoms. The SMILES string of the molecule is O=C(C1CC1c1ccc2ccccc2c1)N1CCN(Cc2nc3sc4c(c3c(=O)[nH]2)CCCC4)CC1. The number of benzene rings is 2. The summed E-state index contributed by atoms with van der Waals surface area (Å²) in [5, 5.41) is 3.31. The molecule has 2 unspecified atom stereocenters. The first-order valence-electron chi connectivity index (χ1n) is 13.2. The molecule has 6 nitrogen and oxygen atoms in total. The van der Waals surface area contributed by atoms with Crippen LogP contribution in [0.25, 0.3) is 21.0 Å². The molecule has 2 fully saturated rings. The van der Waals surface area contributed by atoms with Gasteiger partial charge >= 0.3 is 0 Å². The number of carbonyl (C=O) groups is 1. The zero-order valence-electron chi connectivity index (χ0n) is 20.3. The predicted octanol–water partition coefficient (Wildman–Crippen LogP) is 4.46. The number of aryl methyl sites for hydroxylation is 2. The van der Waals surface area contributed by atoms with Gasteiger partial charge in [-0.05, 0) is 59.9 Å². The van der Waals surface area contributed by atoms with Gasteiger partial charge in [0.2, 0.25) is 5.91 Å². The number of fused-ring (bicyclic) bond motifs is 4. The molecule has 7 rings (SSSR count). The third-order valence-electron chi connectivity index (χ3n) is 8.24. The molecule has 3 aliphatic rings. The van der Waals surface area contributed by atoms with E-state index in [-0.39, 0.29) is 11.5 Å². The summed E-state index contributed by atoms with van der Waals surface area (Å²) < 4.78 is 0. The molecule has 3 heterocycles. The van der Waals surface area contributed by atoms with Gasteiger partial charge in [0.05, 0.1) is 11.9 Å². The first kappa shape index (κ1) is 22.2. The van der Waals surface area contributed by atoms with Crippen molar-refractivity contribution in [1.82, 2.24) is 19.8 Å². The van der Waals surface area contributed by atoms with E-state index in [4.69, 9.17) is 4.98 Å². The zero-order chi connectivity index (χ0) is 24.2. The number of rotatable bonds is 4. The second-order valence-corrected chi connectivity index (χ2v) is 11.6. The minimum absolute atomic E-state index is 0.0108. The number of carbonyl (C=O) groups excluding carboxylic acids is 1. The smallest absolute Gasteiger partial charge is 0.259 e. The number of H-pyrrole nitrogens is 1. The molecule has 2 aromatic heterocycles. The Morgan fingerprint density at radius 3 is 2.69 bits per heavy atom. The number of piperazine rings is 1. The molecule has 0 radical (unpaired) electrons. The second kappa shape index (κ2) is 8.82. The van der Waals surface area contributed by atoms with Gasteiger partial charge in [0, 0.05) is 37.0 Å². The molecule has 2 atom stereocenters. The van der Waals surface area contributed by atoms with Crippen LogP contribution < -0.4 is 5.56 Å². The molecular weight excluding hydrogens is 468 g/mol. The Labute approximate surface area is 214 Å². The van der Waals surface area contributed by atoms with Crippen LogP contribution in [0.1, 0.15) is 47.0 Å². The Balaban J connectivity index is 0.982. The van der Waals surface area contributed by atoms with E-state index in [9.17, 15) is 9.59 Å². The van der Waals surface area contributed by atoms with Crippen LogP contribution in [0.2, 0.25) is 0 Å². The monoisotopic (exact) mass is 498 g/mol. The highest BCUT2D eigenvalue weighted by molar-refractivity contribution is 7.18. The Morgan fingerprint density at radius 1 is 1.03 bits per heavy atom. The van der Waals surface area contributed by atoms with Gasteiger partial charge in [0.1, 0.15) is 10.7 Å². The molecule has 36 heavy (non-hydrogen) atoms. The Morgan fingerprint density at radius 2 is 1.83 bits per heavy atom. The Bertz CT molecular complexity index is 1530. The number of aromatic amines is 1. The largest absolute Gasteiger partial charge is 0.340 e. The van der Waals surface area contributed by atoms with Crippen LogP contribution in [0.4, 0.5) is 0 Å².